The Bertz CT molecular complexity index is 564. The molecule has 2 aromatic carbocycles. The highest BCUT2D eigenvalue weighted by atomic mass is 16.5. The summed E-state index contributed by atoms with van der Waals surface area (Å²) in [6.45, 7) is 2.09. The quantitative estimate of drug-likeness (QED) is 0.674. The van der Waals surface area contributed by atoms with Crippen molar-refractivity contribution in [2.45, 2.75) is 6.92 Å². The second-order valence-corrected chi connectivity index (χ2v) is 3.89. The Hall–Kier alpha value is -2.49. The van der Waals surface area contributed by atoms with Crippen LogP contribution >= 0.6 is 0 Å². The van der Waals surface area contributed by atoms with Gasteiger partial charge in [0.25, 0.3) is 0 Å². The number of hydrogen-bond acceptors (Lipinski definition) is 4. The maximum atomic E-state index is 11.8. The molecular formula is C15H15NO3. The fraction of sp³-hybridized carbons (Fsp3) is 0.133. The fourth-order valence-corrected chi connectivity index (χ4v) is 1.60. The SMILES string of the molecule is CCOC(=O)c1ccccc1Oc1ccc(N)cc1. The monoisotopic (exact) mass is 257 g/mol. The van der Waals surface area contributed by atoms with Gasteiger partial charge in [-0.1, -0.05) is 12.1 Å². The molecule has 0 atom stereocenters. The van der Waals surface area contributed by atoms with Crippen molar-refractivity contribution in [3.63, 3.8) is 0 Å². The molecule has 0 saturated carbocycles. The average Bonchev–Trinajstić information content (AvgIpc) is 2.42. The van der Waals surface area contributed by atoms with E-state index in [1.807, 2.05) is 0 Å². The number of carbonyl (C=O) groups excluding carboxylic acids is 1. The lowest BCUT2D eigenvalue weighted by Gasteiger charge is -2.10. The van der Waals surface area contributed by atoms with Gasteiger partial charge in [0.2, 0.25) is 0 Å². The number of hydrogen-bond donors (Lipinski definition) is 1. The van der Waals surface area contributed by atoms with Crippen molar-refractivity contribution in [3.05, 3.63) is 54.1 Å². The van der Waals surface area contributed by atoms with E-state index < -0.39 is 5.97 Å². The molecule has 0 fully saturated rings. The van der Waals surface area contributed by atoms with Gasteiger partial charge in [-0.2, -0.15) is 0 Å². The second-order valence-electron chi connectivity index (χ2n) is 3.89. The lowest BCUT2D eigenvalue weighted by molar-refractivity contribution is 0.0523. The molecule has 0 unspecified atom stereocenters. The zero-order chi connectivity index (χ0) is 13.7. The van der Waals surface area contributed by atoms with E-state index in [-0.39, 0.29) is 0 Å². The standard InChI is InChI=1S/C15H15NO3/c1-2-18-15(17)13-5-3-4-6-14(13)19-12-9-7-11(16)8-10-12/h3-10H,2,16H2,1H3. The Morgan fingerprint density at radius 3 is 2.47 bits per heavy atom. The molecule has 0 saturated heterocycles. The Labute approximate surface area is 111 Å². The van der Waals surface area contributed by atoms with Gasteiger partial charge in [0.1, 0.15) is 17.1 Å². The van der Waals surface area contributed by atoms with E-state index in [9.17, 15) is 4.79 Å². The predicted molar refractivity (Wildman–Crippen MR) is 73.3 cm³/mol. The van der Waals surface area contributed by atoms with E-state index in [4.69, 9.17) is 15.2 Å². The van der Waals surface area contributed by atoms with Crippen LogP contribution in [0.15, 0.2) is 48.5 Å². The van der Waals surface area contributed by atoms with Gasteiger partial charge in [0.05, 0.1) is 6.61 Å². The minimum Gasteiger partial charge on any atom is -0.462 e. The molecule has 4 nitrogen and oxygen atoms in total. The fourth-order valence-electron chi connectivity index (χ4n) is 1.60. The van der Waals surface area contributed by atoms with E-state index in [0.717, 1.165) is 0 Å². The maximum absolute atomic E-state index is 11.8. The smallest absolute Gasteiger partial charge is 0.341 e. The number of para-hydroxylation sites is 1. The van der Waals surface area contributed by atoms with Crippen LogP contribution in [0.2, 0.25) is 0 Å². The first kappa shape index (κ1) is 13.0. The summed E-state index contributed by atoms with van der Waals surface area (Å²) in [6.07, 6.45) is 0. The summed E-state index contributed by atoms with van der Waals surface area (Å²) in [5.41, 5.74) is 6.67. The van der Waals surface area contributed by atoms with Gasteiger partial charge in [0, 0.05) is 5.69 Å². The van der Waals surface area contributed by atoms with Gasteiger partial charge in [-0.3, -0.25) is 0 Å². The van der Waals surface area contributed by atoms with Crippen LogP contribution in [0.1, 0.15) is 17.3 Å². The van der Waals surface area contributed by atoms with E-state index in [2.05, 4.69) is 0 Å². The Morgan fingerprint density at radius 2 is 1.79 bits per heavy atom. The van der Waals surface area contributed by atoms with Gasteiger partial charge < -0.3 is 15.2 Å². The molecule has 0 amide bonds. The Kier molecular flexibility index (Phi) is 4.03. The normalized spacial score (nSPS) is 9.95. The first-order valence-corrected chi connectivity index (χ1v) is 6.00. The number of rotatable bonds is 4. The number of nitrogen functional groups attached to an aromatic ring is 1. The lowest BCUT2D eigenvalue weighted by Crippen LogP contribution is -2.06. The van der Waals surface area contributed by atoms with Crippen molar-refractivity contribution in [1.29, 1.82) is 0 Å². The van der Waals surface area contributed by atoms with Crippen molar-refractivity contribution in [1.82, 2.24) is 0 Å². The number of ether oxygens (including phenoxy) is 2. The number of nitrogens with two attached hydrogens (primary N) is 1. The van der Waals surface area contributed by atoms with Crippen molar-refractivity contribution in [2.24, 2.45) is 0 Å². The van der Waals surface area contributed by atoms with E-state index in [1.54, 1.807) is 55.5 Å². The van der Waals surface area contributed by atoms with E-state index >= 15 is 0 Å². The molecule has 0 heterocycles. The summed E-state index contributed by atoms with van der Waals surface area (Å²) >= 11 is 0. The van der Waals surface area contributed by atoms with Gasteiger partial charge in [-0.25, -0.2) is 4.79 Å². The molecule has 0 bridgehead atoms. The van der Waals surface area contributed by atoms with Crippen molar-refractivity contribution in [2.75, 3.05) is 12.3 Å². The van der Waals surface area contributed by atoms with E-state index in [1.165, 1.54) is 0 Å². The molecular weight excluding hydrogens is 242 g/mol. The molecule has 19 heavy (non-hydrogen) atoms. The number of anilines is 1. The molecule has 0 aliphatic carbocycles. The highest BCUT2D eigenvalue weighted by Crippen LogP contribution is 2.26. The minimum atomic E-state index is -0.395. The van der Waals surface area contributed by atoms with Crippen LogP contribution in [-0.4, -0.2) is 12.6 Å². The number of benzene rings is 2. The molecule has 0 aliphatic rings. The summed E-state index contributed by atoms with van der Waals surface area (Å²) in [7, 11) is 0. The van der Waals surface area contributed by atoms with Crippen molar-refractivity contribution < 1.29 is 14.3 Å². The first-order chi connectivity index (χ1) is 9.20. The molecule has 2 rings (SSSR count). The summed E-state index contributed by atoms with van der Waals surface area (Å²) in [4.78, 5) is 11.8. The third-order valence-electron chi connectivity index (χ3n) is 2.49. The zero-order valence-electron chi connectivity index (χ0n) is 10.6. The molecule has 2 N–H and O–H groups in total. The Morgan fingerprint density at radius 1 is 1.11 bits per heavy atom. The molecule has 98 valence electrons. The minimum absolute atomic E-state index is 0.328. The van der Waals surface area contributed by atoms with E-state index in [0.29, 0.717) is 29.4 Å². The maximum Gasteiger partial charge on any atom is 0.341 e. The number of esters is 1. The Balaban J connectivity index is 2.24. The molecule has 2 aromatic rings. The second kappa shape index (κ2) is 5.91. The summed E-state index contributed by atoms with van der Waals surface area (Å²) in [5, 5.41) is 0. The third kappa shape index (κ3) is 3.25. The third-order valence-corrected chi connectivity index (χ3v) is 2.49. The van der Waals surface area contributed by atoms with Gasteiger partial charge in [-0.05, 0) is 43.3 Å². The first-order valence-electron chi connectivity index (χ1n) is 6.00. The number of carbonyl (C=O) groups is 1. The van der Waals surface area contributed by atoms with Crippen LogP contribution < -0.4 is 10.5 Å². The average molecular weight is 257 g/mol. The van der Waals surface area contributed by atoms with Gasteiger partial charge in [-0.15, -0.1) is 0 Å². The largest absolute Gasteiger partial charge is 0.462 e. The highest BCUT2D eigenvalue weighted by Gasteiger charge is 2.13. The molecule has 0 aliphatic heterocycles. The highest BCUT2D eigenvalue weighted by molar-refractivity contribution is 5.92. The predicted octanol–water partition coefficient (Wildman–Crippen LogP) is 3.24. The lowest BCUT2D eigenvalue weighted by atomic mass is 10.2. The van der Waals surface area contributed by atoms with Crippen LogP contribution in [0.5, 0.6) is 11.5 Å². The van der Waals surface area contributed by atoms with Crippen LogP contribution in [0, 0.1) is 0 Å². The zero-order valence-corrected chi connectivity index (χ0v) is 10.6. The summed E-state index contributed by atoms with van der Waals surface area (Å²) in [6, 6.07) is 13.9. The van der Waals surface area contributed by atoms with Crippen LogP contribution in [0.25, 0.3) is 0 Å². The topological polar surface area (TPSA) is 61.5 Å². The molecule has 0 aromatic heterocycles. The summed E-state index contributed by atoms with van der Waals surface area (Å²) in [5.74, 6) is 0.685. The van der Waals surface area contributed by atoms with Gasteiger partial charge >= 0.3 is 5.97 Å². The van der Waals surface area contributed by atoms with Crippen LogP contribution in [0.3, 0.4) is 0 Å². The molecule has 0 radical (unpaired) electrons. The van der Waals surface area contributed by atoms with Crippen LogP contribution in [-0.2, 0) is 4.74 Å². The van der Waals surface area contributed by atoms with Gasteiger partial charge in [0.15, 0.2) is 0 Å². The molecule has 4 heteroatoms. The van der Waals surface area contributed by atoms with Crippen molar-refractivity contribution in [3.8, 4) is 11.5 Å². The summed E-state index contributed by atoms with van der Waals surface area (Å²) < 4.78 is 10.7. The molecule has 0 spiro atoms. The van der Waals surface area contributed by atoms with Crippen LogP contribution in [0.4, 0.5) is 5.69 Å². The van der Waals surface area contributed by atoms with Crippen molar-refractivity contribution >= 4 is 11.7 Å².